The van der Waals surface area contributed by atoms with Crippen molar-refractivity contribution < 1.29 is 17.9 Å². The summed E-state index contributed by atoms with van der Waals surface area (Å²) >= 11 is 1.11. The number of nitrogens with zero attached hydrogens (tertiary/aromatic N) is 3. The number of carbonyl (C=O) groups excluding carboxylic acids is 1. The summed E-state index contributed by atoms with van der Waals surface area (Å²) in [7, 11) is -3.83. The van der Waals surface area contributed by atoms with Crippen LogP contribution in [0, 0.1) is 13.8 Å². The Bertz CT molecular complexity index is 1700. The van der Waals surface area contributed by atoms with Crippen molar-refractivity contribution in [2.75, 3.05) is 37.4 Å². The molecule has 1 aliphatic heterocycles. The van der Waals surface area contributed by atoms with Crippen LogP contribution in [-0.2, 0) is 19.6 Å². The Labute approximate surface area is 230 Å². The Morgan fingerprint density at radius 1 is 1.00 bits per heavy atom. The van der Waals surface area contributed by atoms with Crippen LogP contribution in [0.5, 0.6) is 0 Å². The van der Waals surface area contributed by atoms with E-state index in [1.807, 2.05) is 31.2 Å². The fourth-order valence-electron chi connectivity index (χ4n) is 4.32. The minimum Gasteiger partial charge on any atom is -0.379 e. The van der Waals surface area contributed by atoms with Crippen LogP contribution < -0.4 is 10.9 Å². The van der Waals surface area contributed by atoms with E-state index in [1.165, 1.54) is 8.87 Å². The fourth-order valence-corrected chi connectivity index (χ4v) is 6.77. The van der Waals surface area contributed by atoms with E-state index in [1.54, 1.807) is 49.4 Å². The van der Waals surface area contributed by atoms with Gasteiger partial charge in [-0.25, -0.2) is 13.4 Å². The van der Waals surface area contributed by atoms with Crippen molar-refractivity contribution in [3.8, 4) is 5.69 Å². The second-order valence-corrected chi connectivity index (χ2v) is 12.1. The van der Waals surface area contributed by atoms with Crippen molar-refractivity contribution in [1.29, 1.82) is 0 Å². The number of nitrogens with one attached hydrogen (secondary N) is 1. The summed E-state index contributed by atoms with van der Waals surface area (Å²) < 4.78 is 34.9. The van der Waals surface area contributed by atoms with E-state index in [0.29, 0.717) is 35.0 Å². The van der Waals surface area contributed by atoms with Gasteiger partial charge in [0.1, 0.15) is 4.90 Å². The van der Waals surface area contributed by atoms with Crippen molar-refractivity contribution in [1.82, 2.24) is 13.9 Å². The van der Waals surface area contributed by atoms with Gasteiger partial charge in [-0.3, -0.25) is 14.2 Å². The topological polar surface area (TPSA) is 111 Å². The number of hydrogen-bond donors (Lipinski definition) is 1. The summed E-state index contributed by atoms with van der Waals surface area (Å²) in [5.74, 6) is -0.498. The molecule has 39 heavy (non-hydrogen) atoms. The molecule has 1 saturated heterocycles. The molecule has 1 amide bonds. The molecule has 1 aliphatic rings. The van der Waals surface area contributed by atoms with Crippen molar-refractivity contribution in [2.24, 2.45) is 0 Å². The largest absolute Gasteiger partial charge is 0.379 e. The van der Waals surface area contributed by atoms with E-state index in [-0.39, 0.29) is 35.0 Å². The number of aromatic nitrogens is 2. The molecule has 1 aromatic heterocycles. The van der Waals surface area contributed by atoms with E-state index in [0.717, 1.165) is 22.9 Å². The lowest BCUT2D eigenvalue weighted by molar-refractivity contribution is -0.113. The smallest absolute Gasteiger partial charge is 0.266 e. The third-order valence-corrected chi connectivity index (χ3v) is 9.25. The number of carbonyl (C=O) groups is 1. The van der Waals surface area contributed by atoms with Crippen LogP contribution in [0.4, 0.5) is 5.69 Å². The molecule has 2 heterocycles. The van der Waals surface area contributed by atoms with E-state index in [2.05, 4.69) is 10.3 Å². The van der Waals surface area contributed by atoms with Gasteiger partial charge in [0.05, 0.1) is 41.2 Å². The maximum Gasteiger partial charge on any atom is 0.266 e. The molecule has 11 heteroatoms. The lowest BCUT2D eigenvalue weighted by Crippen LogP contribution is -2.41. The first-order valence-electron chi connectivity index (χ1n) is 12.4. The zero-order valence-electron chi connectivity index (χ0n) is 21.6. The first-order valence-corrected chi connectivity index (χ1v) is 14.9. The molecule has 5 rings (SSSR count). The van der Waals surface area contributed by atoms with E-state index >= 15 is 0 Å². The number of anilines is 1. The van der Waals surface area contributed by atoms with Crippen LogP contribution in [0.15, 0.2) is 81.6 Å². The highest BCUT2D eigenvalue weighted by atomic mass is 32.2. The van der Waals surface area contributed by atoms with Gasteiger partial charge < -0.3 is 10.1 Å². The number of morpholine rings is 1. The van der Waals surface area contributed by atoms with E-state index < -0.39 is 15.9 Å². The molecule has 3 aromatic carbocycles. The highest BCUT2D eigenvalue weighted by Gasteiger charge is 2.29. The van der Waals surface area contributed by atoms with Crippen molar-refractivity contribution in [2.45, 2.75) is 23.9 Å². The average Bonchev–Trinajstić information content (AvgIpc) is 2.94. The molecule has 0 radical (unpaired) electrons. The highest BCUT2D eigenvalue weighted by molar-refractivity contribution is 7.99. The molecular weight excluding hydrogens is 536 g/mol. The van der Waals surface area contributed by atoms with Crippen LogP contribution in [0.1, 0.15) is 11.1 Å². The minimum atomic E-state index is -3.83. The molecule has 0 bridgehead atoms. The van der Waals surface area contributed by atoms with Crippen LogP contribution in [0.3, 0.4) is 0 Å². The van der Waals surface area contributed by atoms with Crippen LogP contribution in [-0.4, -0.2) is 60.2 Å². The summed E-state index contributed by atoms with van der Waals surface area (Å²) in [6.07, 6.45) is 0. The maximum absolute atomic E-state index is 13.4. The first kappa shape index (κ1) is 27.1. The fraction of sp³-hybridized carbons (Fsp3) is 0.250. The third kappa shape index (κ3) is 5.76. The lowest BCUT2D eigenvalue weighted by Gasteiger charge is -2.27. The van der Waals surface area contributed by atoms with Crippen LogP contribution in [0.25, 0.3) is 16.6 Å². The molecule has 0 spiro atoms. The third-order valence-electron chi connectivity index (χ3n) is 6.37. The Kier molecular flexibility index (Phi) is 7.85. The molecule has 0 unspecified atom stereocenters. The summed E-state index contributed by atoms with van der Waals surface area (Å²) in [5.41, 5.74) is 2.96. The second-order valence-electron chi connectivity index (χ2n) is 9.24. The molecule has 0 aliphatic carbocycles. The van der Waals surface area contributed by atoms with Gasteiger partial charge in [0.2, 0.25) is 15.9 Å². The molecule has 4 aromatic rings. The molecule has 9 nitrogen and oxygen atoms in total. The Morgan fingerprint density at radius 3 is 2.44 bits per heavy atom. The molecule has 0 atom stereocenters. The van der Waals surface area contributed by atoms with Gasteiger partial charge >= 0.3 is 0 Å². The SMILES string of the molecule is Cc1ccc(-n2c(SCC(=O)Nc3ccc(C)cc3S(=O)(=O)N3CCOCC3)nc3ccccc3c2=O)cc1. The number of sulfonamides is 1. The quantitative estimate of drug-likeness (QED) is 0.269. The Morgan fingerprint density at radius 2 is 1.69 bits per heavy atom. The number of hydrogen-bond acceptors (Lipinski definition) is 7. The number of para-hydroxylation sites is 1. The molecular formula is C28H28N4O5S2. The van der Waals surface area contributed by atoms with Crippen LogP contribution >= 0.6 is 11.8 Å². The summed E-state index contributed by atoms with van der Waals surface area (Å²) in [6, 6.07) is 19.5. The Balaban J connectivity index is 1.43. The van der Waals surface area contributed by atoms with Gasteiger partial charge in [0.15, 0.2) is 5.16 Å². The standard InChI is InChI=1S/C28H28N4O5S2/c1-19-7-10-21(11-8-19)32-27(34)22-5-3-4-6-23(22)30-28(32)38-18-26(33)29-24-12-9-20(2)17-25(24)39(35,36)31-13-15-37-16-14-31/h3-12,17H,13-16,18H2,1-2H3,(H,29,33). The number of ether oxygens (including phenoxy) is 1. The Hall–Kier alpha value is -3.51. The van der Waals surface area contributed by atoms with Crippen molar-refractivity contribution >= 4 is 44.3 Å². The van der Waals surface area contributed by atoms with Crippen molar-refractivity contribution in [3.63, 3.8) is 0 Å². The van der Waals surface area contributed by atoms with Gasteiger partial charge in [0.25, 0.3) is 5.56 Å². The lowest BCUT2D eigenvalue weighted by atomic mass is 10.2. The molecule has 1 fully saturated rings. The number of rotatable bonds is 7. The highest BCUT2D eigenvalue weighted by Crippen LogP contribution is 2.28. The minimum absolute atomic E-state index is 0.0446. The number of fused-ring (bicyclic) bond motifs is 1. The summed E-state index contributed by atoms with van der Waals surface area (Å²) in [6.45, 7) is 4.92. The van der Waals surface area contributed by atoms with Gasteiger partial charge in [-0.05, 0) is 55.8 Å². The van der Waals surface area contributed by atoms with Crippen LogP contribution in [0.2, 0.25) is 0 Å². The zero-order valence-corrected chi connectivity index (χ0v) is 23.2. The number of benzene rings is 3. The van der Waals surface area contributed by atoms with Gasteiger partial charge in [-0.15, -0.1) is 0 Å². The van der Waals surface area contributed by atoms with Crippen molar-refractivity contribution in [3.05, 3.63) is 88.2 Å². The second kappa shape index (κ2) is 11.3. The number of amides is 1. The average molecular weight is 565 g/mol. The first-order chi connectivity index (χ1) is 18.7. The molecule has 1 N–H and O–H groups in total. The van der Waals surface area contributed by atoms with Gasteiger partial charge in [-0.1, -0.05) is 47.7 Å². The summed E-state index contributed by atoms with van der Waals surface area (Å²) in [5, 5.41) is 3.60. The van der Waals surface area contributed by atoms with E-state index in [9.17, 15) is 18.0 Å². The van der Waals surface area contributed by atoms with E-state index in [4.69, 9.17) is 4.74 Å². The normalized spacial score (nSPS) is 14.4. The predicted molar refractivity (Wildman–Crippen MR) is 152 cm³/mol. The summed E-state index contributed by atoms with van der Waals surface area (Å²) in [4.78, 5) is 31.2. The predicted octanol–water partition coefficient (Wildman–Crippen LogP) is 3.75. The van der Waals surface area contributed by atoms with Gasteiger partial charge in [0, 0.05) is 13.1 Å². The molecule has 0 saturated carbocycles. The maximum atomic E-state index is 13.4. The molecule has 202 valence electrons. The zero-order chi connectivity index (χ0) is 27.6. The van der Waals surface area contributed by atoms with Gasteiger partial charge in [-0.2, -0.15) is 4.31 Å². The monoisotopic (exact) mass is 564 g/mol. The number of aryl methyl sites for hydroxylation is 2. The number of thioether (sulfide) groups is 1.